The zero-order valence-electron chi connectivity index (χ0n) is 10.3. The van der Waals surface area contributed by atoms with E-state index in [9.17, 15) is 4.79 Å². The number of nitrogens with one attached hydrogen (secondary N) is 1. The minimum Gasteiger partial charge on any atom is -0.361 e. The van der Waals surface area contributed by atoms with E-state index < -0.39 is 0 Å². The molecule has 0 bridgehead atoms. The Hall–Kier alpha value is -1.09. The van der Waals surface area contributed by atoms with Crippen LogP contribution in [-0.4, -0.2) is 22.5 Å². The van der Waals surface area contributed by atoms with Crippen LogP contribution < -0.4 is 5.43 Å². The highest BCUT2D eigenvalue weighted by atomic mass is 16.1. The summed E-state index contributed by atoms with van der Waals surface area (Å²) in [7, 11) is 0. The third kappa shape index (κ3) is 2.19. The number of aryl methyl sites for hydroxylation is 1. The number of pyridine rings is 1. The van der Waals surface area contributed by atoms with Crippen LogP contribution in [0.3, 0.4) is 0 Å². The Kier molecular flexibility index (Phi) is 3.15. The molecular formula is C13H20N2O. The SMILES string of the molecule is Cc1cc(=O)cc([C@@H]2CCCN2C(C)C)[nH]1. The van der Waals surface area contributed by atoms with Crippen LogP contribution in [0.5, 0.6) is 0 Å². The number of H-pyrrole nitrogens is 1. The molecule has 1 aromatic heterocycles. The number of aromatic nitrogens is 1. The molecule has 2 heterocycles. The first-order valence-electron chi connectivity index (χ1n) is 6.04. The Morgan fingerprint density at radius 3 is 2.81 bits per heavy atom. The van der Waals surface area contributed by atoms with Crippen LogP contribution in [-0.2, 0) is 0 Å². The van der Waals surface area contributed by atoms with Gasteiger partial charge in [0.1, 0.15) is 0 Å². The van der Waals surface area contributed by atoms with E-state index in [1.54, 1.807) is 12.1 Å². The fourth-order valence-corrected chi connectivity index (χ4v) is 2.63. The van der Waals surface area contributed by atoms with Gasteiger partial charge < -0.3 is 4.98 Å². The molecule has 3 nitrogen and oxygen atoms in total. The molecule has 3 heteroatoms. The van der Waals surface area contributed by atoms with Gasteiger partial charge in [-0.25, -0.2) is 0 Å². The van der Waals surface area contributed by atoms with E-state index in [2.05, 4.69) is 23.7 Å². The van der Waals surface area contributed by atoms with Gasteiger partial charge >= 0.3 is 0 Å². The molecule has 0 amide bonds. The Bertz CT molecular complexity index is 422. The van der Waals surface area contributed by atoms with Crippen LogP contribution in [0.1, 0.15) is 44.1 Å². The molecular weight excluding hydrogens is 200 g/mol. The summed E-state index contributed by atoms with van der Waals surface area (Å²) in [5.41, 5.74) is 2.15. The molecule has 1 aliphatic heterocycles. The van der Waals surface area contributed by atoms with Crippen molar-refractivity contribution in [3.63, 3.8) is 0 Å². The highest BCUT2D eigenvalue weighted by molar-refractivity contribution is 5.15. The predicted octanol–water partition coefficient (Wildman–Crippen LogP) is 2.23. The highest BCUT2D eigenvalue weighted by Crippen LogP contribution is 2.31. The molecule has 16 heavy (non-hydrogen) atoms. The summed E-state index contributed by atoms with van der Waals surface area (Å²) >= 11 is 0. The lowest BCUT2D eigenvalue weighted by atomic mass is 10.1. The van der Waals surface area contributed by atoms with Gasteiger partial charge in [0.15, 0.2) is 5.43 Å². The van der Waals surface area contributed by atoms with E-state index in [1.165, 1.54) is 6.42 Å². The fourth-order valence-electron chi connectivity index (χ4n) is 2.63. The maximum absolute atomic E-state index is 11.5. The van der Waals surface area contributed by atoms with E-state index >= 15 is 0 Å². The Morgan fingerprint density at radius 1 is 1.44 bits per heavy atom. The smallest absolute Gasteiger partial charge is 0.182 e. The third-order valence-corrected chi connectivity index (χ3v) is 3.31. The van der Waals surface area contributed by atoms with Crippen molar-refractivity contribution in [3.05, 3.63) is 33.7 Å². The second-order valence-electron chi connectivity index (χ2n) is 4.94. The molecule has 0 aromatic carbocycles. The second-order valence-corrected chi connectivity index (χ2v) is 4.94. The van der Waals surface area contributed by atoms with Crippen molar-refractivity contribution in [1.82, 2.24) is 9.88 Å². The standard InChI is InChI=1S/C13H20N2O/c1-9(2)15-6-4-5-13(15)12-8-11(16)7-10(3)14-12/h7-9,13H,4-6H2,1-3H3,(H,14,16)/t13-/m0/s1. The Balaban J connectivity index is 2.32. The Morgan fingerprint density at radius 2 is 2.19 bits per heavy atom. The maximum Gasteiger partial charge on any atom is 0.182 e. The number of nitrogens with zero attached hydrogens (tertiary/aromatic N) is 1. The van der Waals surface area contributed by atoms with Crippen LogP contribution in [0, 0.1) is 6.92 Å². The molecule has 1 N–H and O–H groups in total. The summed E-state index contributed by atoms with van der Waals surface area (Å²) in [6.07, 6.45) is 2.37. The fraction of sp³-hybridized carbons (Fsp3) is 0.615. The molecule has 1 fully saturated rings. The van der Waals surface area contributed by atoms with Crippen LogP contribution in [0.2, 0.25) is 0 Å². The van der Waals surface area contributed by atoms with Crippen molar-refractivity contribution in [1.29, 1.82) is 0 Å². The van der Waals surface area contributed by atoms with E-state index in [4.69, 9.17) is 0 Å². The monoisotopic (exact) mass is 220 g/mol. The lowest BCUT2D eigenvalue weighted by Crippen LogP contribution is -2.31. The molecule has 1 saturated heterocycles. The number of hydrogen-bond acceptors (Lipinski definition) is 2. The van der Waals surface area contributed by atoms with Crippen LogP contribution >= 0.6 is 0 Å². The molecule has 1 aromatic rings. The largest absolute Gasteiger partial charge is 0.361 e. The number of hydrogen-bond donors (Lipinski definition) is 1. The van der Waals surface area contributed by atoms with Gasteiger partial charge in [0.2, 0.25) is 0 Å². The number of rotatable bonds is 2. The maximum atomic E-state index is 11.5. The molecule has 1 atom stereocenters. The minimum absolute atomic E-state index is 0.113. The van der Waals surface area contributed by atoms with Crippen molar-refractivity contribution in [3.8, 4) is 0 Å². The first kappa shape index (κ1) is 11.4. The van der Waals surface area contributed by atoms with Crippen LogP contribution in [0.25, 0.3) is 0 Å². The molecule has 0 spiro atoms. The average Bonchev–Trinajstić information content (AvgIpc) is 2.63. The van der Waals surface area contributed by atoms with Gasteiger partial charge in [-0.2, -0.15) is 0 Å². The first-order valence-corrected chi connectivity index (χ1v) is 6.04. The summed E-state index contributed by atoms with van der Waals surface area (Å²) in [4.78, 5) is 17.3. The first-order chi connectivity index (χ1) is 7.58. The van der Waals surface area contributed by atoms with Gasteiger partial charge in [-0.15, -0.1) is 0 Å². The summed E-state index contributed by atoms with van der Waals surface area (Å²) in [6.45, 7) is 7.51. The molecule has 0 radical (unpaired) electrons. The molecule has 2 rings (SSSR count). The van der Waals surface area contributed by atoms with Crippen molar-refractivity contribution in [2.24, 2.45) is 0 Å². The zero-order valence-corrected chi connectivity index (χ0v) is 10.3. The minimum atomic E-state index is 0.113. The van der Waals surface area contributed by atoms with Crippen molar-refractivity contribution < 1.29 is 0 Å². The van der Waals surface area contributed by atoms with Gasteiger partial charge in [0.05, 0.1) is 6.04 Å². The van der Waals surface area contributed by atoms with E-state index in [0.717, 1.165) is 24.4 Å². The highest BCUT2D eigenvalue weighted by Gasteiger charge is 2.28. The molecule has 88 valence electrons. The number of likely N-dealkylation sites (tertiary alicyclic amines) is 1. The van der Waals surface area contributed by atoms with E-state index in [0.29, 0.717) is 12.1 Å². The van der Waals surface area contributed by atoms with E-state index in [-0.39, 0.29) is 5.43 Å². The van der Waals surface area contributed by atoms with Crippen LogP contribution in [0.15, 0.2) is 16.9 Å². The lowest BCUT2D eigenvalue weighted by Gasteiger charge is -2.28. The zero-order chi connectivity index (χ0) is 11.7. The third-order valence-electron chi connectivity index (χ3n) is 3.31. The number of aromatic amines is 1. The Labute approximate surface area is 96.5 Å². The summed E-state index contributed by atoms with van der Waals surface area (Å²) < 4.78 is 0. The summed E-state index contributed by atoms with van der Waals surface area (Å²) in [5, 5.41) is 0. The normalized spacial score (nSPS) is 21.9. The average molecular weight is 220 g/mol. The molecule has 0 saturated carbocycles. The molecule has 0 unspecified atom stereocenters. The van der Waals surface area contributed by atoms with Crippen molar-refractivity contribution in [2.75, 3.05) is 6.54 Å². The van der Waals surface area contributed by atoms with Gasteiger partial charge in [0.25, 0.3) is 0 Å². The topological polar surface area (TPSA) is 36.1 Å². The van der Waals surface area contributed by atoms with Crippen molar-refractivity contribution >= 4 is 0 Å². The molecule has 1 aliphatic rings. The lowest BCUT2D eigenvalue weighted by molar-refractivity contribution is 0.202. The van der Waals surface area contributed by atoms with Gasteiger partial charge in [-0.3, -0.25) is 9.69 Å². The van der Waals surface area contributed by atoms with E-state index in [1.807, 2.05) is 6.92 Å². The summed E-state index contributed by atoms with van der Waals surface area (Å²) in [6, 6.07) is 4.33. The van der Waals surface area contributed by atoms with Gasteiger partial charge in [-0.1, -0.05) is 0 Å². The van der Waals surface area contributed by atoms with Crippen LogP contribution in [0.4, 0.5) is 0 Å². The van der Waals surface area contributed by atoms with Gasteiger partial charge in [-0.05, 0) is 40.2 Å². The summed E-state index contributed by atoms with van der Waals surface area (Å²) in [5.74, 6) is 0. The van der Waals surface area contributed by atoms with Gasteiger partial charge in [0, 0.05) is 29.6 Å². The second kappa shape index (κ2) is 4.42. The predicted molar refractivity (Wildman–Crippen MR) is 65.6 cm³/mol. The van der Waals surface area contributed by atoms with Crippen molar-refractivity contribution in [2.45, 2.75) is 45.7 Å². The molecule has 0 aliphatic carbocycles. The quantitative estimate of drug-likeness (QED) is 0.829.